The highest BCUT2D eigenvalue weighted by atomic mass is 19.1. The number of hydrogen-bond acceptors (Lipinski definition) is 3. The number of allylic oxidation sites excluding steroid dienone is 1. The number of halogens is 1. The zero-order valence-corrected chi connectivity index (χ0v) is 11.6. The maximum Gasteiger partial charge on any atom is 0.139 e. The van der Waals surface area contributed by atoms with Gasteiger partial charge in [-0.3, -0.25) is 4.98 Å². The Morgan fingerprint density at radius 1 is 1.19 bits per heavy atom. The van der Waals surface area contributed by atoms with E-state index in [1.54, 1.807) is 24.4 Å². The van der Waals surface area contributed by atoms with Crippen molar-refractivity contribution < 1.29 is 9.50 Å². The molecule has 3 rings (SSSR count). The van der Waals surface area contributed by atoms with Gasteiger partial charge in [0.15, 0.2) is 0 Å². The van der Waals surface area contributed by atoms with E-state index in [1.807, 2.05) is 30.0 Å². The minimum atomic E-state index is -0.277. The molecule has 1 aromatic heterocycles. The van der Waals surface area contributed by atoms with Gasteiger partial charge in [-0.05, 0) is 49.4 Å². The Morgan fingerprint density at radius 3 is 2.67 bits per heavy atom. The van der Waals surface area contributed by atoms with Crippen LogP contribution in [-0.4, -0.2) is 16.6 Å². The molecule has 1 aromatic carbocycles. The summed E-state index contributed by atoms with van der Waals surface area (Å²) in [4.78, 5) is 6.13. The molecule has 1 N–H and O–H groups in total. The van der Waals surface area contributed by atoms with Crippen LogP contribution in [-0.2, 0) is 0 Å². The van der Waals surface area contributed by atoms with Crippen molar-refractivity contribution in [2.75, 3.05) is 11.4 Å². The zero-order chi connectivity index (χ0) is 14.8. The van der Waals surface area contributed by atoms with Crippen molar-refractivity contribution in [3.63, 3.8) is 0 Å². The molecule has 0 aliphatic carbocycles. The summed E-state index contributed by atoms with van der Waals surface area (Å²) in [5, 5.41) is 10.3. The third-order valence-electron chi connectivity index (χ3n) is 3.38. The summed E-state index contributed by atoms with van der Waals surface area (Å²) in [5.74, 6) is -0.0861. The van der Waals surface area contributed by atoms with E-state index in [-0.39, 0.29) is 11.6 Å². The molecule has 2 aromatic rings. The van der Waals surface area contributed by atoms with Crippen molar-refractivity contribution in [3.8, 4) is 0 Å². The molecule has 0 radical (unpaired) electrons. The maximum absolute atomic E-state index is 13.1. The van der Waals surface area contributed by atoms with Crippen molar-refractivity contribution >= 4 is 11.4 Å². The lowest BCUT2D eigenvalue weighted by atomic mass is 10.1. The normalized spacial score (nSPS) is 14.7. The van der Waals surface area contributed by atoms with E-state index in [0.29, 0.717) is 12.2 Å². The number of hydrogen-bond donors (Lipinski definition) is 1. The second-order valence-corrected chi connectivity index (χ2v) is 4.91. The summed E-state index contributed by atoms with van der Waals surface area (Å²) in [5.41, 5.74) is 3.29. The van der Waals surface area contributed by atoms with Gasteiger partial charge in [0.25, 0.3) is 0 Å². The molecule has 3 nitrogen and oxygen atoms in total. The largest absolute Gasteiger partial charge is 0.506 e. The van der Waals surface area contributed by atoms with Crippen LogP contribution in [0.4, 0.5) is 10.1 Å². The summed E-state index contributed by atoms with van der Waals surface area (Å²) < 4.78 is 13.1. The first kappa shape index (κ1) is 13.4. The van der Waals surface area contributed by atoms with Crippen LogP contribution >= 0.6 is 0 Å². The van der Waals surface area contributed by atoms with E-state index < -0.39 is 0 Å². The lowest BCUT2D eigenvalue weighted by Crippen LogP contribution is -2.25. The quantitative estimate of drug-likeness (QED) is 0.909. The number of nitrogens with zero attached hydrogens (tertiary/aromatic N) is 2. The van der Waals surface area contributed by atoms with E-state index in [2.05, 4.69) is 4.98 Å². The van der Waals surface area contributed by atoms with Crippen LogP contribution in [0.3, 0.4) is 0 Å². The molecule has 0 amide bonds. The Morgan fingerprint density at radius 2 is 1.95 bits per heavy atom. The molecule has 0 unspecified atom stereocenters. The standard InChI is InChI=1S/C17H15FN2O/c1-12-11-13(8-9-19-12)17-16(21)3-2-10-20(17)15-6-4-14(18)5-7-15/h2-9,11,21H,10H2,1H3. The van der Waals surface area contributed by atoms with Crippen LogP contribution in [0.5, 0.6) is 0 Å². The van der Waals surface area contributed by atoms with E-state index in [1.165, 1.54) is 12.1 Å². The van der Waals surface area contributed by atoms with Gasteiger partial charge in [-0.25, -0.2) is 4.39 Å². The highest BCUT2D eigenvalue weighted by molar-refractivity contribution is 5.83. The zero-order valence-electron chi connectivity index (χ0n) is 11.6. The molecule has 21 heavy (non-hydrogen) atoms. The van der Waals surface area contributed by atoms with Crippen LogP contribution in [0.2, 0.25) is 0 Å². The van der Waals surface area contributed by atoms with Gasteiger partial charge in [0.2, 0.25) is 0 Å². The number of aliphatic hydroxyl groups excluding tert-OH is 1. The van der Waals surface area contributed by atoms with E-state index >= 15 is 0 Å². The summed E-state index contributed by atoms with van der Waals surface area (Å²) in [6.45, 7) is 2.52. The topological polar surface area (TPSA) is 36.4 Å². The average Bonchev–Trinajstić information content (AvgIpc) is 2.48. The maximum atomic E-state index is 13.1. The van der Waals surface area contributed by atoms with Crippen LogP contribution in [0.1, 0.15) is 11.3 Å². The van der Waals surface area contributed by atoms with E-state index in [0.717, 1.165) is 16.9 Å². The molecule has 0 spiro atoms. The fourth-order valence-corrected chi connectivity index (χ4v) is 2.43. The minimum absolute atomic E-state index is 0.191. The number of anilines is 1. The number of rotatable bonds is 2. The highest BCUT2D eigenvalue weighted by Gasteiger charge is 2.20. The van der Waals surface area contributed by atoms with Gasteiger partial charge in [0.1, 0.15) is 11.6 Å². The lowest BCUT2D eigenvalue weighted by molar-refractivity contribution is 0.431. The van der Waals surface area contributed by atoms with Crippen LogP contribution in [0.15, 0.2) is 60.5 Å². The Kier molecular flexibility index (Phi) is 3.44. The number of pyridine rings is 1. The number of aromatic nitrogens is 1. The van der Waals surface area contributed by atoms with Crippen LogP contribution in [0, 0.1) is 12.7 Å². The molecular formula is C17H15FN2O. The Balaban J connectivity index is 2.08. The fraction of sp³-hybridized carbons (Fsp3) is 0.118. The predicted octanol–water partition coefficient (Wildman–Crippen LogP) is 3.83. The molecule has 0 atom stereocenters. The van der Waals surface area contributed by atoms with Gasteiger partial charge in [-0.15, -0.1) is 0 Å². The molecule has 0 saturated carbocycles. The van der Waals surface area contributed by atoms with Gasteiger partial charge in [-0.1, -0.05) is 6.08 Å². The molecule has 0 bridgehead atoms. The monoisotopic (exact) mass is 282 g/mol. The molecule has 0 saturated heterocycles. The molecule has 4 heteroatoms. The number of aryl methyl sites for hydroxylation is 1. The van der Waals surface area contributed by atoms with Gasteiger partial charge >= 0.3 is 0 Å². The average molecular weight is 282 g/mol. The predicted molar refractivity (Wildman–Crippen MR) is 81.4 cm³/mol. The third kappa shape index (κ3) is 2.65. The Labute approximate surface area is 122 Å². The Bertz CT molecular complexity index is 720. The van der Waals surface area contributed by atoms with E-state index in [4.69, 9.17) is 0 Å². The van der Waals surface area contributed by atoms with Crippen LogP contribution in [0.25, 0.3) is 5.70 Å². The summed E-state index contributed by atoms with van der Waals surface area (Å²) in [6.07, 6.45) is 5.27. The molecule has 2 heterocycles. The number of aliphatic hydroxyl groups is 1. The van der Waals surface area contributed by atoms with E-state index in [9.17, 15) is 9.50 Å². The van der Waals surface area contributed by atoms with Crippen LogP contribution < -0.4 is 4.90 Å². The first-order valence-corrected chi connectivity index (χ1v) is 6.71. The molecule has 1 aliphatic rings. The summed E-state index contributed by atoms with van der Waals surface area (Å²) in [6, 6.07) is 10.0. The summed E-state index contributed by atoms with van der Waals surface area (Å²) >= 11 is 0. The third-order valence-corrected chi connectivity index (χ3v) is 3.38. The smallest absolute Gasteiger partial charge is 0.139 e. The van der Waals surface area contributed by atoms with Crippen molar-refractivity contribution in [2.45, 2.75) is 6.92 Å². The first-order valence-electron chi connectivity index (χ1n) is 6.71. The van der Waals surface area contributed by atoms with Crippen molar-refractivity contribution in [1.29, 1.82) is 0 Å². The van der Waals surface area contributed by atoms with Crippen molar-refractivity contribution in [2.24, 2.45) is 0 Å². The van der Waals surface area contributed by atoms with Gasteiger partial charge in [-0.2, -0.15) is 0 Å². The first-order chi connectivity index (χ1) is 10.1. The van der Waals surface area contributed by atoms with Gasteiger partial charge < -0.3 is 10.0 Å². The minimum Gasteiger partial charge on any atom is -0.506 e. The molecule has 0 fully saturated rings. The second-order valence-electron chi connectivity index (χ2n) is 4.91. The second kappa shape index (κ2) is 5.40. The SMILES string of the molecule is Cc1cc(C2=C(O)C=CCN2c2ccc(F)cc2)ccn1. The molecular weight excluding hydrogens is 267 g/mol. The Hall–Kier alpha value is -2.62. The number of benzene rings is 1. The van der Waals surface area contributed by atoms with Crippen molar-refractivity contribution in [1.82, 2.24) is 4.98 Å². The van der Waals surface area contributed by atoms with Gasteiger partial charge in [0.05, 0.1) is 5.70 Å². The molecule has 106 valence electrons. The van der Waals surface area contributed by atoms with Gasteiger partial charge in [0, 0.05) is 29.7 Å². The lowest BCUT2D eigenvalue weighted by Gasteiger charge is -2.29. The highest BCUT2D eigenvalue weighted by Crippen LogP contribution is 2.31. The van der Waals surface area contributed by atoms with Crippen molar-refractivity contribution in [3.05, 3.63) is 77.6 Å². The molecule has 1 aliphatic heterocycles. The summed E-state index contributed by atoms with van der Waals surface area (Å²) in [7, 11) is 0. The fourth-order valence-electron chi connectivity index (χ4n) is 2.43.